The average Bonchev–Trinajstić information content (AvgIpc) is 2.23. The number of hydrogen-bond acceptors (Lipinski definition) is 3. The van der Waals surface area contributed by atoms with Crippen LogP contribution in [0.2, 0.25) is 0 Å². The molecular weight excluding hydrogens is 220 g/mol. The number of hydrogen-bond donors (Lipinski definition) is 2. The van der Waals surface area contributed by atoms with Crippen LogP contribution in [0.25, 0.3) is 0 Å². The quantitative estimate of drug-likeness (QED) is 0.612. The van der Waals surface area contributed by atoms with Gasteiger partial charge >= 0.3 is 0 Å². The Hall–Kier alpha value is -1.16. The third-order valence-electron chi connectivity index (χ3n) is 2.11. The van der Waals surface area contributed by atoms with E-state index >= 15 is 0 Å². The molecule has 1 rings (SSSR count). The Morgan fingerprint density at radius 2 is 2.25 bits per heavy atom. The number of nitrogens with one attached hydrogen (secondary N) is 1. The van der Waals surface area contributed by atoms with Crippen LogP contribution in [0.1, 0.15) is 18.9 Å². The highest BCUT2D eigenvalue weighted by molar-refractivity contribution is 7.99. The third-order valence-corrected chi connectivity index (χ3v) is 3.27. The van der Waals surface area contributed by atoms with Gasteiger partial charge in [-0.1, -0.05) is 6.92 Å². The lowest BCUT2D eigenvalue weighted by Crippen LogP contribution is -2.15. The van der Waals surface area contributed by atoms with E-state index in [0.717, 1.165) is 29.1 Å². The number of benzene rings is 1. The molecule has 4 heteroatoms. The number of amides is 1. The van der Waals surface area contributed by atoms with E-state index in [2.05, 4.69) is 12.2 Å². The number of thioether (sulfide) groups is 1. The minimum absolute atomic E-state index is 0.0475. The maximum atomic E-state index is 11.6. The molecule has 3 N–H and O–H groups in total. The SMILES string of the molecule is CCCSCC(=O)Nc1ccc(N)cc1C. The van der Waals surface area contributed by atoms with Gasteiger partial charge in [0.25, 0.3) is 0 Å². The van der Waals surface area contributed by atoms with Gasteiger partial charge in [0.2, 0.25) is 5.91 Å². The molecule has 0 fully saturated rings. The summed E-state index contributed by atoms with van der Waals surface area (Å²) in [7, 11) is 0. The van der Waals surface area contributed by atoms with Crippen molar-refractivity contribution in [3.63, 3.8) is 0 Å². The van der Waals surface area contributed by atoms with Gasteiger partial charge < -0.3 is 11.1 Å². The predicted octanol–water partition coefficient (Wildman–Crippen LogP) is 2.66. The number of aryl methyl sites for hydroxylation is 1. The number of nitrogen functional groups attached to an aromatic ring is 1. The van der Waals surface area contributed by atoms with E-state index in [4.69, 9.17) is 5.73 Å². The summed E-state index contributed by atoms with van der Waals surface area (Å²) in [5.41, 5.74) is 8.20. The summed E-state index contributed by atoms with van der Waals surface area (Å²) in [5.74, 6) is 1.58. The highest BCUT2D eigenvalue weighted by atomic mass is 32.2. The van der Waals surface area contributed by atoms with Gasteiger partial charge in [0, 0.05) is 11.4 Å². The van der Waals surface area contributed by atoms with Gasteiger partial charge in [-0.15, -0.1) is 0 Å². The molecule has 3 nitrogen and oxygen atoms in total. The molecule has 0 atom stereocenters. The molecule has 0 spiro atoms. The lowest BCUT2D eigenvalue weighted by atomic mass is 10.2. The second kappa shape index (κ2) is 6.43. The lowest BCUT2D eigenvalue weighted by molar-refractivity contribution is -0.113. The van der Waals surface area contributed by atoms with Crippen LogP contribution in [0, 0.1) is 6.92 Å². The fraction of sp³-hybridized carbons (Fsp3) is 0.417. The summed E-state index contributed by atoms with van der Waals surface area (Å²) in [6, 6.07) is 5.49. The van der Waals surface area contributed by atoms with Crippen molar-refractivity contribution in [3.8, 4) is 0 Å². The van der Waals surface area contributed by atoms with Crippen LogP contribution in [0.15, 0.2) is 18.2 Å². The van der Waals surface area contributed by atoms with E-state index < -0.39 is 0 Å². The fourth-order valence-electron chi connectivity index (χ4n) is 1.32. The second-order valence-corrected chi connectivity index (χ2v) is 4.78. The molecule has 0 aliphatic carbocycles. The molecule has 0 aromatic heterocycles. The molecule has 0 bridgehead atoms. The molecule has 1 aromatic rings. The van der Waals surface area contributed by atoms with E-state index in [-0.39, 0.29) is 5.91 Å². The highest BCUT2D eigenvalue weighted by Crippen LogP contribution is 2.17. The third kappa shape index (κ3) is 4.14. The van der Waals surface area contributed by atoms with Crippen molar-refractivity contribution in [3.05, 3.63) is 23.8 Å². The predicted molar refractivity (Wildman–Crippen MR) is 71.8 cm³/mol. The van der Waals surface area contributed by atoms with Crippen molar-refractivity contribution in [2.75, 3.05) is 22.6 Å². The van der Waals surface area contributed by atoms with E-state index in [1.165, 1.54) is 0 Å². The normalized spacial score (nSPS) is 10.1. The molecular formula is C12H18N2OS. The van der Waals surface area contributed by atoms with Gasteiger partial charge in [-0.3, -0.25) is 4.79 Å². The van der Waals surface area contributed by atoms with Crippen LogP contribution in [0.5, 0.6) is 0 Å². The van der Waals surface area contributed by atoms with E-state index in [1.54, 1.807) is 17.8 Å². The first-order chi connectivity index (χ1) is 7.63. The Balaban J connectivity index is 2.49. The van der Waals surface area contributed by atoms with Gasteiger partial charge in [0.15, 0.2) is 0 Å². The zero-order valence-corrected chi connectivity index (χ0v) is 10.6. The smallest absolute Gasteiger partial charge is 0.234 e. The van der Waals surface area contributed by atoms with E-state index in [9.17, 15) is 4.79 Å². The fourth-order valence-corrected chi connectivity index (χ4v) is 2.01. The molecule has 0 heterocycles. The maximum absolute atomic E-state index is 11.6. The van der Waals surface area contributed by atoms with Crippen LogP contribution in [-0.2, 0) is 4.79 Å². The summed E-state index contributed by atoms with van der Waals surface area (Å²) in [5, 5.41) is 2.88. The number of carbonyl (C=O) groups excluding carboxylic acids is 1. The molecule has 0 radical (unpaired) electrons. The minimum atomic E-state index is 0.0475. The molecule has 16 heavy (non-hydrogen) atoms. The average molecular weight is 238 g/mol. The summed E-state index contributed by atoms with van der Waals surface area (Å²) in [6.07, 6.45) is 1.10. The summed E-state index contributed by atoms with van der Waals surface area (Å²) >= 11 is 1.65. The zero-order chi connectivity index (χ0) is 12.0. The van der Waals surface area contributed by atoms with Gasteiger partial charge in [-0.2, -0.15) is 11.8 Å². The van der Waals surface area contributed by atoms with E-state index in [1.807, 2.05) is 19.1 Å². The highest BCUT2D eigenvalue weighted by Gasteiger charge is 2.04. The van der Waals surface area contributed by atoms with Crippen molar-refractivity contribution in [1.82, 2.24) is 0 Å². The van der Waals surface area contributed by atoms with Crippen molar-refractivity contribution >= 4 is 29.0 Å². The van der Waals surface area contributed by atoms with Crippen LogP contribution >= 0.6 is 11.8 Å². The number of rotatable bonds is 5. The van der Waals surface area contributed by atoms with Gasteiger partial charge in [0.05, 0.1) is 5.75 Å². The first kappa shape index (κ1) is 12.9. The van der Waals surface area contributed by atoms with Gasteiger partial charge in [-0.25, -0.2) is 0 Å². The van der Waals surface area contributed by atoms with Crippen LogP contribution < -0.4 is 11.1 Å². The van der Waals surface area contributed by atoms with Crippen molar-refractivity contribution in [2.24, 2.45) is 0 Å². The molecule has 0 unspecified atom stereocenters. The number of anilines is 2. The Kier molecular flexibility index (Phi) is 5.19. The molecule has 1 aromatic carbocycles. The van der Waals surface area contributed by atoms with Crippen LogP contribution in [-0.4, -0.2) is 17.4 Å². The summed E-state index contributed by atoms with van der Waals surface area (Å²) in [6.45, 7) is 4.04. The summed E-state index contributed by atoms with van der Waals surface area (Å²) in [4.78, 5) is 11.6. The topological polar surface area (TPSA) is 55.1 Å². The largest absolute Gasteiger partial charge is 0.399 e. The maximum Gasteiger partial charge on any atom is 0.234 e. The zero-order valence-electron chi connectivity index (χ0n) is 9.75. The molecule has 0 aliphatic rings. The second-order valence-electron chi connectivity index (χ2n) is 3.68. The van der Waals surface area contributed by atoms with Crippen molar-refractivity contribution in [1.29, 1.82) is 0 Å². The standard InChI is InChI=1S/C12H18N2OS/c1-3-6-16-8-12(15)14-11-5-4-10(13)7-9(11)2/h4-5,7H,3,6,8,13H2,1-2H3,(H,14,15). The number of carbonyl (C=O) groups is 1. The minimum Gasteiger partial charge on any atom is -0.399 e. The monoisotopic (exact) mass is 238 g/mol. The van der Waals surface area contributed by atoms with E-state index in [0.29, 0.717) is 5.75 Å². The van der Waals surface area contributed by atoms with Crippen molar-refractivity contribution < 1.29 is 4.79 Å². The van der Waals surface area contributed by atoms with Crippen LogP contribution in [0.3, 0.4) is 0 Å². The number of nitrogens with two attached hydrogens (primary N) is 1. The Labute approximate surface area is 101 Å². The van der Waals surface area contributed by atoms with Crippen LogP contribution in [0.4, 0.5) is 11.4 Å². The Morgan fingerprint density at radius 1 is 1.50 bits per heavy atom. The lowest BCUT2D eigenvalue weighted by Gasteiger charge is -2.08. The molecule has 0 saturated heterocycles. The Bertz CT molecular complexity index is 366. The molecule has 88 valence electrons. The summed E-state index contributed by atoms with van der Waals surface area (Å²) < 4.78 is 0. The Morgan fingerprint density at radius 3 is 2.88 bits per heavy atom. The van der Waals surface area contributed by atoms with Crippen molar-refractivity contribution in [2.45, 2.75) is 20.3 Å². The first-order valence-electron chi connectivity index (χ1n) is 5.37. The molecule has 0 saturated carbocycles. The van der Waals surface area contributed by atoms with Gasteiger partial charge in [0.1, 0.15) is 0 Å². The van der Waals surface area contributed by atoms with Gasteiger partial charge in [-0.05, 0) is 42.9 Å². The molecule has 1 amide bonds. The first-order valence-corrected chi connectivity index (χ1v) is 6.52. The molecule has 0 aliphatic heterocycles.